The van der Waals surface area contributed by atoms with Crippen molar-refractivity contribution in [2.24, 2.45) is 0 Å². The molecule has 1 aliphatic carbocycles. The molecule has 1 saturated carbocycles. The van der Waals surface area contributed by atoms with Gasteiger partial charge < -0.3 is 9.47 Å². The molecule has 6 heteroatoms. The molecule has 1 aromatic carbocycles. The minimum Gasteiger partial charge on any atom is -0.497 e. The van der Waals surface area contributed by atoms with Crippen LogP contribution in [-0.4, -0.2) is 28.7 Å². The maximum absolute atomic E-state index is 12.6. The lowest BCUT2D eigenvalue weighted by molar-refractivity contribution is 0.391. The highest BCUT2D eigenvalue weighted by Gasteiger charge is 2.24. The molecule has 1 N–H and O–H groups in total. The van der Waals surface area contributed by atoms with Crippen molar-refractivity contribution < 1.29 is 17.9 Å². The largest absolute Gasteiger partial charge is 0.497 e. The van der Waals surface area contributed by atoms with Crippen molar-refractivity contribution in [1.82, 2.24) is 4.72 Å². The fourth-order valence-electron chi connectivity index (χ4n) is 2.67. The Morgan fingerprint density at radius 2 is 1.71 bits per heavy atom. The predicted molar refractivity (Wildman–Crippen MR) is 81.4 cm³/mol. The first-order valence-corrected chi connectivity index (χ1v) is 8.79. The van der Waals surface area contributed by atoms with Gasteiger partial charge in [0.15, 0.2) is 0 Å². The Hall–Kier alpha value is -1.27. The highest BCUT2D eigenvalue weighted by atomic mass is 32.2. The maximum Gasteiger partial charge on any atom is 0.244 e. The fourth-order valence-corrected chi connectivity index (χ4v) is 4.16. The molecule has 0 amide bonds. The zero-order valence-corrected chi connectivity index (χ0v) is 13.4. The smallest absolute Gasteiger partial charge is 0.244 e. The van der Waals surface area contributed by atoms with Gasteiger partial charge in [-0.2, -0.15) is 0 Å². The van der Waals surface area contributed by atoms with Gasteiger partial charge in [0.2, 0.25) is 10.0 Å². The summed E-state index contributed by atoms with van der Waals surface area (Å²) in [6.07, 6.45) is 6.29. The second-order valence-corrected chi connectivity index (χ2v) is 7.01. The third-order valence-electron chi connectivity index (χ3n) is 3.84. The molecule has 21 heavy (non-hydrogen) atoms. The molecule has 0 radical (unpaired) electrons. The van der Waals surface area contributed by atoms with Crippen molar-refractivity contribution in [3.05, 3.63) is 18.2 Å². The van der Waals surface area contributed by atoms with Crippen LogP contribution < -0.4 is 14.2 Å². The molecule has 0 unspecified atom stereocenters. The molecular formula is C15H23NO4S. The lowest BCUT2D eigenvalue weighted by atomic mass is 10.1. The van der Waals surface area contributed by atoms with Gasteiger partial charge in [0.1, 0.15) is 16.4 Å². The Kier molecular flexibility index (Phi) is 5.47. The van der Waals surface area contributed by atoms with Crippen LogP contribution in [0.2, 0.25) is 0 Å². The standard InChI is InChI=1S/C15H23NO4S/c1-19-13-9-10-14(20-2)15(11-13)21(17,18)16-12-7-5-3-4-6-8-12/h9-12,16H,3-8H2,1-2H3. The molecule has 0 heterocycles. The quantitative estimate of drug-likeness (QED) is 0.849. The van der Waals surface area contributed by atoms with E-state index in [0.29, 0.717) is 11.5 Å². The summed E-state index contributed by atoms with van der Waals surface area (Å²) in [5, 5.41) is 0. The van der Waals surface area contributed by atoms with Crippen molar-refractivity contribution in [3.63, 3.8) is 0 Å². The van der Waals surface area contributed by atoms with Gasteiger partial charge in [-0.3, -0.25) is 0 Å². The van der Waals surface area contributed by atoms with E-state index in [1.807, 2.05) is 0 Å². The summed E-state index contributed by atoms with van der Waals surface area (Å²) >= 11 is 0. The number of rotatable bonds is 5. The van der Waals surface area contributed by atoms with Crippen molar-refractivity contribution in [2.75, 3.05) is 14.2 Å². The molecule has 2 rings (SSSR count). The summed E-state index contributed by atoms with van der Waals surface area (Å²) in [5.41, 5.74) is 0. The van der Waals surface area contributed by atoms with E-state index in [9.17, 15) is 8.42 Å². The number of ether oxygens (including phenoxy) is 2. The lowest BCUT2D eigenvalue weighted by Gasteiger charge is -2.18. The average Bonchev–Trinajstić information content (AvgIpc) is 2.74. The van der Waals surface area contributed by atoms with E-state index in [-0.39, 0.29) is 10.9 Å². The molecule has 1 fully saturated rings. The second-order valence-electron chi connectivity index (χ2n) is 5.33. The van der Waals surface area contributed by atoms with Crippen LogP contribution in [0.25, 0.3) is 0 Å². The first-order valence-electron chi connectivity index (χ1n) is 7.31. The van der Waals surface area contributed by atoms with Gasteiger partial charge >= 0.3 is 0 Å². The lowest BCUT2D eigenvalue weighted by Crippen LogP contribution is -2.34. The van der Waals surface area contributed by atoms with Crippen molar-refractivity contribution in [2.45, 2.75) is 49.5 Å². The first kappa shape index (κ1) is 16.1. The summed E-state index contributed by atoms with van der Waals surface area (Å²) in [7, 11) is -0.631. The fraction of sp³-hybridized carbons (Fsp3) is 0.600. The highest BCUT2D eigenvalue weighted by Crippen LogP contribution is 2.29. The Morgan fingerprint density at radius 3 is 2.29 bits per heavy atom. The highest BCUT2D eigenvalue weighted by molar-refractivity contribution is 7.89. The van der Waals surface area contributed by atoms with Crippen LogP contribution in [0.3, 0.4) is 0 Å². The molecular weight excluding hydrogens is 290 g/mol. The molecule has 0 saturated heterocycles. The van der Waals surface area contributed by atoms with E-state index in [4.69, 9.17) is 9.47 Å². The summed E-state index contributed by atoms with van der Waals surface area (Å²) in [6.45, 7) is 0. The number of hydrogen-bond donors (Lipinski definition) is 1. The Balaban J connectivity index is 2.25. The summed E-state index contributed by atoms with van der Waals surface area (Å²) in [6, 6.07) is 4.80. The minimum absolute atomic E-state index is 0.00778. The predicted octanol–water partition coefficient (Wildman–Crippen LogP) is 2.70. The summed E-state index contributed by atoms with van der Waals surface area (Å²) in [4.78, 5) is 0.133. The van der Waals surface area contributed by atoms with Gasteiger partial charge in [0, 0.05) is 12.1 Å². The van der Waals surface area contributed by atoms with Crippen molar-refractivity contribution >= 4 is 10.0 Å². The summed E-state index contributed by atoms with van der Waals surface area (Å²) in [5.74, 6) is 0.828. The van der Waals surface area contributed by atoms with Crippen molar-refractivity contribution in [1.29, 1.82) is 0 Å². The van der Waals surface area contributed by atoms with Gasteiger partial charge in [-0.1, -0.05) is 25.7 Å². The molecule has 0 spiro atoms. The molecule has 0 bridgehead atoms. The SMILES string of the molecule is COc1ccc(OC)c(S(=O)(=O)NC2CCCCCC2)c1. The number of methoxy groups -OCH3 is 2. The third-order valence-corrected chi connectivity index (χ3v) is 5.38. The number of hydrogen-bond acceptors (Lipinski definition) is 4. The van der Waals surface area contributed by atoms with Crippen LogP contribution in [-0.2, 0) is 10.0 Å². The van der Waals surface area contributed by atoms with E-state index in [1.165, 1.54) is 33.1 Å². The average molecular weight is 313 g/mol. The van der Waals surface area contributed by atoms with Crippen molar-refractivity contribution in [3.8, 4) is 11.5 Å². The molecule has 118 valence electrons. The number of sulfonamides is 1. The van der Waals surface area contributed by atoms with E-state index < -0.39 is 10.0 Å². The van der Waals surface area contributed by atoms with E-state index in [0.717, 1.165) is 25.7 Å². The Labute approximate surface area is 126 Å². The van der Waals surface area contributed by atoms with Gasteiger partial charge in [0.25, 0.3) is 0 Å². The van der Waals surface area contributed by atoms with E-state index in [2.05, 4.69) is 4.72 Å². The van der Waals surface area contributed by atoms with Crippen LogP contribution in [0.15, 0.2) is 23.1 Å². The number of benzene rings is 1. The molecule has 0 aromatic heterocycles. The Bertz CT molecular complexity index is 563. The molecule has 0 atom stereocenters. The summed E-state index contributed by atoms with van der Waals surface area (Å²) < 4.78 is 38.3. The minimum atomic E-state index is -3.61. The van der Waals surface area contributed by atoms with Crippen LogP contribution in [0.5, 0.6) is 11.5 Å². The van der Waals surface area contributed by atoms with E-state index in [1.54, 1.807) is 12.1 Å². The zero-order chi connectivity index (χ0) is 15.3. The topological polar surface area (TPSA) is 64.6 Å². The van der Waals surface area contributed by atoms with Gasteiger partial charge in [-0.15, -0.1) is 0 Å². The maximum atomic E-state index is 12.6. The van der Waals surface area contributed by atoms with Gasteiger partial charge in [-0.05, 0) is 25.0 Å². The molecule has 5 nitrogen and oxygen atoms in total. The second kappa shape index (κ2) is 7.13. The van der Waals surface area contributed by atoms with Crippen LogP contribution in [0.1, 0.15) is 38.5 Å². The monoisotopic (exact) mass is 313 g/mol. The van der Waals surface area contributed by atoms with Gasteiger partial charge in [0.05, 0.1) is 14.2 Å². The number of nitrogens with one attached hydrogen (secondary N) is 1. The third kappa shape index (κ3) is 4.11. The van der Waals surface area contributed by atoms with Crippen LogP contribution in [0.4, 0.5) is 0 Å². The van der Waals surface area contributed by atoms with Crippen LogP contribution in [0, 0.1) is 0 Å². The zero-order valence-electron chi connectivity index (χ0n) is 12.6. The van der Waals surface area contributed by atoms with E-state index >= 15 is 0 Å². The Morgan fingerprint density at radius 1 is 1.05 bits per heavy atom. The molecule has 1 aromatic rings. The van der Waals surface area contributed by atoms with Gasteiger partial charge in [-0.25, -0.2) is 13.1 Å². The normalized spacial score (nSPS) is 17.2. The first-order chi connectivity index (χ1) is 10.1. The van der Waals surface area contributed by atoms with Crippen LogP contribution >= 0.6 is 0 Å². The molecule has 1 aliphatic rings. The molecule has 0 aliphatic heterocycles.